The first-order valence-corrected chi connectivity index (χ1v) is 4.76. The van der Waals surface area contributed by atoms with Gasteiger partial charge in [-0.1, -0.05) is 13.0 Å². The van der Waals surface area contributed by atoms with Gasteiger partial charge in [-0.2, -0.15) is 0 Å². The van der Waals surface area contributed by atoms with Crippen LogP contribution >= 0.6 is 0 Å². The van der Waals surface area contributed by atoms with Gasteiger partial charge in [-0.3, -0.25) is 0 Å². The minimum Gasteiger partial charge on any atom is -0.396 e. The van der Waals surface area contributed by atoms with Gasteiger partial charge in [-0.25, -0.2) is 0 Å². The maximum Gasteiger partial charge on any atom is 0.0820 e. The van der Waals surface area contributed by atoms with Gasteiger partial charge < -0.3 is 14.9 Å². The molecule has 0 spiro atoms. The second kappa shape index (κ2) is 3.08. The molecule has 0 saturated carbocycles. The van der Waals surface area contributed by atoms with Crippen LogP contribution in [-0.2, 0) is 4.74 Å². The molecule has 3 unspecified atom stereocenters. The van der Waals surface area contributed by atoms with Crippen molar-refractivity contribution in [1.82, 2.24) is 0 Å². The second-order valence-electron chi connectivity index (χ2n) is 4.18. The van der Waals surface area contributed by atoms with Crippen molar-refractivity contribution in [2.45, 2.75) is 19.4 Å². The number of fused-ring (bicyclic) bond motifs is 1. The molecule has 3 heteroatoms. The van der Waals surface area contributed by atoms with Gasteiger partial charge in [-0.15, -0.1) is 0 Å². The van der Waals surface area contributed by atoms with Crippen LogP contribution in [0.3, 0.4) is 0 Å². The van der Waals surface area contributed by atoms with Crippen molar-refractivity contribution in [2.75, 3.05) is 19.8 Å². The van der Waals surface area contributed by atoms with Gasteiger partial charge in [0.05, 0.1) is 19.3 Å². The Balaban J connectivity index is 2.27. The molecular weight excluding hydrogens is 168 g/mol. The first kappa shape index (κ1) is 9.19. The first-order chi connectivity index (χ1) is 6.22. The van der Waals surface area contributed by atoms with Crippen molar-refractivity contribution < 1.29 is 14.9 Å². The Labute approximate surface area is 78.0 Å². The fourth-order valence-electron chi connectivity index (χ4n) is 2.57. The zero-order valence-electron chi connectivity index (χ0n) is 7.86. The Morgan fingerprint density at radius 2 is 2.38 bits per heavy atom. The molecule has 3 atom stereocenters. The van der Waals surface area contributed by atoms with E-state index in [9.17, 15) is 5.11 Å². The predicted molar refractivity (Wildman–Crippen MR) is 48.2 cm³/mol. The number of hydrogen-bond donors (Lipinski definition) is 2. The van der Waals surface area contributed by atoms with Crippen molar-refractivity contribution in [3.8, 4) is 0 Å². The van der Waals surface area contributed by atoms with Gasteiger partial charge in [0, 0.05) is 17.9 Å². The lowest BCUT2D eigenvalue weighted by molar-refractivity contribution is 0.0656. The normalized spacial score (nSPS) is 43.5. The maximum atomic E-state index is 9.27. The first-order valence-electron chi connectivity index (χ1n) is 4.76. The molecule has 3 nitrogen and oxygen atoms in total. The van der Waals surface area contributed by atoms with E-state index in [1.165, 1.54) is 0 Å². The molecule has 2 N–H and O–H groups in total. The number of hydrogen-bond acceptors (Lipinski definition) is 3. The van der Waals surface area contributed by atoms with E-state index >= 15 is 0 Å². The van der Waals surface area contributed by atoms with Crippen LogP contribution < -0.4 is 0 Å². The van der Waals surface area contributed by atoms with Gasteiger partial charge in [0.1, 0.15) is 0 Å². The number of rotatable bonds is 2. The molecule has 0 aromatic heterocycles. The van der Waals surface area contributed by atoms with Crippen LogP contribution in [0.4, 0.5) is 0 Å². The third kappa shape index (κ3) is 1.15. The molecule has 2 aliphatic rings. The average Bonchev–Trinajstić information content (AvgIpc) is 2.57. The fourth-order valence-corrected chi connectivity index (χ4v) is 2.57. The van der Waals surface area contributed by atoms with Crippen LogP contribution in [0.5, 0.6) is 0 Å². The van der Waals surface area contributed by atoms with Gasteiger partial charge in [0.2, 0.25) is 0 Å². The molecule has 1 heterocycles. The molecule has 0 radical (unpaired) electrons. The van der Waals surface area contributed by atoms with E-state index in [0.29, 0.717) is 0 Å². The molecule has 0 aromatic carbocycles. The van der Waals surface area contributed by atoms with E-state index in [1.807, 2.05) is 6.08 Å². The summed E-state index contributed by atoms with van der Waals surface area (Å²) < 4.78 is 5.55. The van der Waals surface area contributed by atoms with E-state index < -0.39 is 0 Å². The summed E-state index contributed by atoms with van der Waals surface area (Å²) >= 11 is 0. The number of aliphatic hydroxyl groups is 2. The highest BCUT2D eigenvalue weighted by molar-refractivity contribution is 5.25. The van der Waals surface area contributed by atoms with Gasteiger partial charge in [0.15, 0.2) is 0 Å². The SMILES string of the molecule is CC12CCOC1C=C(CO)C2CO. The summed E-state index contributed by atoms with van der Waals surface area (Å²) in [5.74, 6) is 0.0880. The monoisotopic (exact) mass is 184 g/mol. The summed E-state index contributed by atoms with van der Waals surface area (Å²) in [7, 11) is 0. The Morgan fingerprint density at radius 3 is 3.00 bits per heavy atom. The van der Waals surface area contributed by atoms with Crippen molar-refractivity contribution in [1.29, 1.82) is 0 Å². The number of aliphatic hydroxyl groups excluding tert-OH is 2. The van der Waals surface area contributed by atoms with E-state index in [0.717, 1.165) is 18.6 Å². The molecule has 0 amide bonds. The van der Waals surface area contributed by atoms with Crippen LogP contribution in [0.1, 0.15) is 13.3 Å². The smallest absolute Gasteiger partial charge is 0.0820 e. The summed E-state index contributed by atoms with van der Waals surface area (Å²) in [5.41, 5.74) is 0.960. The Kier molecular flexibility index (Phi) is 2.18. The van der Waals surface area contributed by atoms with Crippen LogP contribution in [-0.4, -0.2) is 36.1 Å². The Hall–Kier alpha value is -0.380. The summed E-state index contributed by atoms with van der Waals surface area (Å²) in [4.78, 5) is 0. The van der Waals surface area contributed by atoms with Gasteiger partial charge in [0.25, 0.3) is 0 Å². The average molecular weight is 184 g/mol. The summed E-state index contributed by atoms with van der Waals surface area (Å²) in [6.07, 6.45) is 3.06. The van der Waals surface area contributed by atoms with Crippen LogP contribution in [0, 0.1) is 11.3 Å². The molecule has 1 fully saturated rings. The Bertz CT molecular complexity index is 236. The highest BCUT2D eigenvalue weighted by Gasteiger charge is 2.50. The van der Waals surface area contributed by atoms with Crippen molar-refractivity contribution in [2.24, 2.45) is 11.3 Å². The molecule has 1 aliphatic heterocycles. The van der Waals surface area contributed by atoms with E-state index in [-0.39, 0.29) is 30.7 Å². The standard InChI is InChI=1S/C10H16O3/c1-10-2-3-13-9(10)4-7(5-11)8(10)6-12/h4,8-9,11-12H,2-3,5-6H2,1H3. The largest absolute Gasteiger partial charge is 0.396 e. The van der Waals surface area contributed by atoms with Crippen LogP contribution in [0.2, 0.25) is 0 Å². The van der Waals surface area contributed by atoms with Crippen LogP contribution in [0.15, 0.2) is 11.6 Å². The quantitative estimate of drug-likeness (QED) is 0.608. The maximum absolute atomic E-state index is 9.27. The third-order valence-electron chi connectivity index (χ3n) is 3.56. The third-order valence-corrected chi connectivity index (χ3v) is 3.56. The minimum absolute atomic E-state index is 0.0206. The zero-order chi connectivity index (χ0) is 9.47. The van der Waals surface area contributed by atoms with E-state index in [2.05, 4.69) is 6.92 Å². The highest BCUT2D eigenvalue weighted by Crippen LogP contribution is 2.49. The second-order valence-corrected chi connectivity index (χ2v) is 4.18. The lowest BCUT2D eigenvalue weighted by Gasteiger charge is -2.30. The fraction of sp³-hybridized carbons (Fsp3) is 0.800. The lowest BCUT2D eigenvalue weighted by atomic mass is 9.75. The molecule has 1 aliphatic carbocycles. The molecule has 0 bridgehead atoms. The summed E-state index contributed by atoms with van der Waals surface area (Å²) in [6, 6.07) is 0. The van der Waals surface area contributed by atoms with Crippen molar-refractivity contribution >= 4 is 0 Å². The number of ether oxygens (including phenoxy) is 1. The molecular formula is C10H16O3. The zero-order valence-corrected chi connectivity index (χ0v) is 7.86. The van der Waals surface area contributed by atoms with E-state index in [4.69, 9.17) is 9.84 Å². The molecule has 1 saturated heterocycles. The molecule has 13 heavy (non-hydrogen) atoms. The van der Waals surface area contributed by atoms with Gasteiger partial charge >= 0.3 is 0 Å². The molecule has 0 aromatic rings. The van der Waals surface area contributed by atoms with E-state index in [1.54, 1.807) is 0 Å². The minimum atomic E-state index is 0.0206. The van der Waals surface area contributed by atoms with Crippen LogP contribution in [0.25, 0.3) is 0 Å². The topological polar surface area (TPSA) is 49.7 Å². The Morgan fingerprint density at radius 1 is 1.62 bits per heavy atom. The van der Waals surface area contributed by atoms with Gasteiger partial charge in [-0.05, 0) is 12.0 Å². The lowest BCUT2D eigenvalue weighted by Crippen LogP contribution is -2.32. The molecule has 74 valence electrons. The highest BCUT2D eigenvalue weighted by atomic mass is 16.5. The molecule has 2 rings (SSSR count). The summed E-state index contributed by atoms with van der Waals surface area (Å²) in [5, 5.41) is 18.4. The predicted octanol–water partition coefficient (Wildman–Crippen LogP) is 0.322. The van der Waals surface area contributed by atoms with Crippen molar-refractivity contribution in [3.05, 3.63) is 11.6 Å². The summed E-state index contributed by atoms with van der Waals surface area (Å²) in [6.45, 7) is 3.06. The van der Waals surface area contributed by atoms with Crippen molar-refractivity contribution in [3.63, 3.8) is 0 Å².